The molecule has 4 rings (SSSR count). The largest absolute Gasteiger partial charge is 0.400 e. The maximum Gasteiger partial charge on any atom is 0.240 e. The highest BCUT2D eigenvalue weighted by Crippen LogP contribution is 2.61. The maximum absolute atomic E-state index is 12.9. The van der Waals surface area contributed by atoms with E-state index in [1.165, 1.54) is 4.90 Å². The average Bonchev–Trinajstić information content (AvgIpc) is 3.15. The molecule has 3 saturated heterocycles. The van der Waals surface area contributed by atoms with Crippen LogP contribution in [-0.2, 0) is 14.3 Å². The van der Waals surface area contributed by atoms with Crippen molar-refractivity contribution in [3.8, 4) is 0 Å². The van der Waals surface area contributed by atoms with E-state index in [1.807, 2.05) is 19.9 Å². The Morgan fingerprint density at radius 2 is 1.76 bits per heavy atom. The molecule has 0 aromatic rings. The van der Waals surface area contributed by atoms with Crippen LogP contribution in [0.5, 0.6) is 0 Å². The first-order chi connectivity index (χ1) is 11.9. The number of aliphatic hydroxyl groups is 1. The third-order valence-electron chi connectivity index (χ3n) is 5.60. The topological polar surface area (TPSA) is 105 Å². The van der Waals surface area contributed by atoms with E-state index < -0.39 is 11.2 Å². The van der Waals surface area contributed by atoms with E-state index in [-0.39, 0.29) is 23.7 Å². The lowest BCUT2D eigenvalue weighted by Gasteiger charge is -2.27. The predicted octanol–water partition coefficient (Wildman–Crippen LogP) is 1.34. The summed E-state index contributed by atoms with van der Waals surface area (Å²) in [4.78, 5) is 27.2. The van der Waals surface area contributed by atoms with Crippen LogP contribution < -0.4 is 5.14 Å². The molecule has 0 radical (unpaired) electrons. The van der Waals surface area contributed by atoms with Crippen LogP contribution >= 0.6 is 12.1 Å². The summed E-state index contributed by atoms with van der Waals surface area (Å²) in [6.45, 7) is 3.93. The number of fused-ring (bicyclic) bond motifs is 5. The van der Waals surface area contributed by atoms with Gasteiger partial charge in [0.2, 0.25) is 11.8 Å². The first-order valence-electron chi connectivity index (χ1n) is 8.23. The molecule has 3 aliphatic heterocycles. The maximum atomic E-state index is 12.9. The minimum atomic E-state index is -0.511. The Morgan fingerprint density at radius 1 is 1.20 bits per heavy atom. The van der Waals surface area contributed by atoms with Gasteiger partial charge in [-0.05, 0) is 38.8 Å². The third kappa shape index (κ3) is 2.59. The molecular weight excluding hydrogens is 342 g/mol. The van der Waals surface area contributed by atoms with Gasteiger partial charge in [0.15, 0.2) is 0 Å². The first-order valence-corrected chi connectivity index (χ1v) is 9.07. The Morgan fingerprint density at radius 3 is 2.20 bits per heavy atom. The number of hydrogen-bond donors (Lipinski definition) is 2. The lowest BCUT2D eigenvalue weighted by molar-refractivity contribution is -0.144. The van der Waals surface area contributed by atoms with Crippen LogP contribution in [0.4, 0.5) is 0 Å². The number of amides is 2. The summed E-state index contributed by atoms with van der Waals surface area (Å²) in [5.74, 6) is -0.985. The van der Waals surface area contributed by atoms with Crippen molar-refractivity contribution < 1.29 is 19.4 Å². The SMILES string of the molecule is CC12CCC(C)(O1)[C@H]1C(=O)N(C3=CC/C(=N\SN)C=C3)C(=O)[C@H]12.CO. The molecule has 8 heteroatoms. The molecule has 2 bridgehead atoms. The highest BCUT2D eigenvalue weighted by molar-refractivity contribution is 7.95. The van der Waals surface area contributed by atoms with Gasteiger partial charge in [-0.25, -0.2) is 4.40 Å². The number of rotatable bonds is 2. The van der Waals surface area contributed by atoms with Crippen LogP contribution in [0.2, 0.25) is 0 Å². The van der Waals surface area contributed by atoms with Gasteiger partial charge in [-0.3, -0.25) is 19.6 Å². The molecule has 0 spiro atoms. The van der Waals surface area contributed by atoms with Gasteiger partial charge in [0.05, 0.1) is 40.9 Å². The molecule has 1 aliphatic carbocycles. The fraction of sp³-hybridized carbons (Fsp3) is 0.588. The lowest BCUT2D eigenvalue weighted by Crippen LogP contribution is -2.40. The van der Waals surface area contributed by atoms with E-state index in [2.05, 4.69) is 4.40 Å². The van der Waals surface area contributed by atoms with Gasteiger partial charge >= 0.3 is 0 Å². The molecule has 25 heavy (non-hydrogen) atoms. The third-order valence-corrected chi connectivity index (χ3v) is 5.94. The molecule has 0 saturated carbocycles. The van der Waals surface area contributed by atoms with E-state index in [0.717, 1.165) is 37.8 Å². The molecule has 4 aliphatic rings. The van der Waals surface area contributed by atoms with Gasteiger partial charge in [-0.2, -0.15) is 0 Å². The summed E-state index contributed by atoms with van der Waals surface area (Å²) in [7, 11) is 1.00. The number of ether oxygens (including phenoxy) is 1. The van der Waals surface area contributed by atoms with Crippen molar-refractivity contribution in [1.29, 1.82) is 0 Å². The lowest BCUT2D eigenvalue weighted by atomic mass is 9.69. The fourth-order valence-corrected chi connectivity index (χ4v) is 4.82. The Kier molecular flexibility index (Phi) is 4.65. The Bertz CT molecular complexity index is 670. The van der Waals surface area contributed by atoms with Gasteiger partial charge in [-0.1, -0.05) is 6.08 Å². The predicted molar refractivity (Wildman–Crippen MR) is 95.2 cm³/mol. The van der Waals surface area contributed by atoms with E-state index in [4.69, 9.17) is 15.0 Å². The zero-order chi connectivity index (χ0) is 18.4. The molecule has 4 atom stereocenters. The summed E-state index contributed by atoms with van der Waals surface area (Å²) in [5, 5.41) is 12.3. The van der Waals surface area contributed by atoms with Crippen molar-refractivity contribution in [3.63, 3.8) is 0 Å². The molecular formula is C17H23N3O4S. The number of allylic oxidation sites excluding steroid dienone is 3. The monoisotopic (exact) mass is 365 g/mol. The normalized spacial score (nSPS) is 40.3. The summed E-state index contributed by atoms with van der Waals surface area (Å²) < 4.78 is 10.2. The summed E-state index contributed by atoms with van der Waals surface area (Å²) in [5.41, 5.74) is 0.440. The number of imide groups is 1. The molecule has 2 amide bonds. The Hall–Kier alpha value is -1.48. The van der Waals surface area contributed by atoms with E-state index in [9.17, 15) is 9.59 Å². The van der Waals surface area contributed by atoms with Crippen LogP contribution in [0, 0.1) is 11.8 Å². The number of nitrogens with zero attached hydrogens (tertiary/aromatic N) is 2. The number of aliphatic hydroxyl groups excluding tert-OH is 1. The molecule has 3 N–H and O–H groups in total. The zero-order valence-electron chi connectivity index (χ0n) is 14.6. The second-order valence-electron chi connectivity index (χ2n) is 7.05. The molecule has 2 unspecified atom stereocenters. The Labute approximate surface area is 151 Å². The van der Waals surface area contributed by atoms with Gasteiger partial charge < -0.3 is 9.84 Å². The van der Waals surface area contributed by atoms with Crippen LogP contribution in [-0.4, -0.2) is 45.8 Å². The van der Waals surface area contributed by atoms with Crippen molar-refractivity contribution in [1.82, 2.24) is 4.90 Å². The van der Waals surface area contributed by atoms with E-state index in [0.29, 0.717) is 12.1 Å². The summed E-state index contributed by atoms with van der Waals surface area (Å²) in [6, 6.07) is 0. The standard InChI is InChI=1S/C16H19N3O3S.CH4O/c1-15-7-8-16(2,22-15)12-11(15)13(20)19(14(12)21)10-5-3-9(4-6-10)18-23-17;1-2/h3,5-6,11-12H,4,7-8,17H2,1-2H3;2H,1H3/b18-9-;/t11-,12+,15?,16?;. The first kappa shape index (κ1) is 18.3. The van der Waals surface area contributed by atoms with E-state index >= 15 is 0 Å². The zero-order valence-corrected chi connectivity index (χ0v) is 15.4. The van der Waals surface area contributed by atoms with Gasteiger partial charge in [0.25, 0.3) is 0 Å². The fourth-order valence-electron chi connectivity index (χ4n) is 4.55. The van der Waals surface area contributed by atoms with Crippen LogP contribution in [0.1, 0.15) is 33.1 Å². The molecule has 0 aromatic heterocycles. The molecule has 3 fully saturated rings. The number of likely N-dealkylation sites (tertiary alicyclic amines) is 1. The minimum Gasteiger partial charge on any atom is -0.400 e. The van der Waals surface area contributed by atoms with E-state index in [1.54, 1.807) is 12.2 Å². The quantitative estimate of drug-likeness (QED) is 0.565. The Balaban J connectivity index is 0.000000880. The second-order valence-corrected chi connectivity index (χ2v) is 7.44. The van der Waals surface area contributed by atoms with Crippen molar-refractivity contribution in [2.45, 2.75) is 44.3 Å². The smallest absolute Gasteiger partial charge is 0.240 e. The van der Waals surface area contributed by atoms with Gasteiger partial charge in [0, 0.05) is 19.2 Å². The number of carbonyl (C=O) groups is 2. The molecule has 0 aromatic carbocycles. The highest BCUT2D eigenvalue weighted by Gasteiger charge is 2.72. The van der Waals surface area contributed by atoms with Crippen molar-refractivity contribution in [2.75, 3.05) is 7.11 Å². The minimum absolute atomic E-state index is 0.129. The molecule has 3 heterocycles. The number of carbonyl (C=O) groups excluding carboxylic acids is 2. The summed E-state index contributed by atoms with van der Waals surface area (Å²) >= 11 is 0.907. The van der Waals surface area contributed by atoms with Gasteiger partial charge in [-0.15, -0.1) is 0 Å². The van der Waals surface area contributed by atoms with Crippen LogP contribution in [0.15, 0.2) is 28.3 Å². The number of nitrogens with two attached hydrogens (primary N) is 1. The highest BCUT2D eigenvalue weighted by atomic mass is 32.2. The molecule has 7 nitrogen and oxygen atoms in total. The van der Waals surface area contributed by atoms with Crippen LogP contribution in [0.25, 0.3) is 0 Å². The van der Waals surface area contributed by atoms with Gasteiger partial charge in [0.1, 0.15) is 0 Å². The van der Waals surface area contributed by atoms with Crippen molar-refractivity contribution in [2.24, 2.45) is 21.4 Å². The second kappa shape index (κ2) is 6.35. The van der Waals surface area contributed by atoms with Crippen LogP contribution in [0.3, 0.4) is 0 Å². The van der Waals surface area contributed by atoms with Crippen molar-refractivity contribution in [3.05, 3.63) is 23.9 Å². The number of hydrogen-bond acceptors (Lipinski definition) is 7. The summed E-state index contributed by atoms with van der Waals surface area (Å²) in [6.07, 6.45) is 7.65. The average molecular weight is 365 g/mol. The van der Waals surface area contributed by atoms with Crippen molar-refractivity contribution >= 4 is 29.7 Å². The molecule has 136 valence electrons.